The second-order valence-electron chi connectivity index (χ2n) is 6.62. The van der Waals surface area contributed by atoms with Crippen molar-refractivity contribution in [2.24, 2.45) is 0 Å². The van der Waals surface area contributed by atoms with E-state index in [1.54, 1.807) is 0 Å². The van der Waals surface area contributed by atoms with E-state index in [0.717, 1.165) is 31.3 Å². The van der Waals surface area contributed by atoms with Gasteiger partial charge in [0.2, 0.25) is 0 Å². The van der Waals surface area contributed by atoms with Crippen LogP contribution in [-0.2, 0) is 6.54 Å². The Balaban J connectivity index is 0.00000100. The molecule has 1 saturated heterocycles. The molecule has 3 rings (SSSR count). The highest BCUT2D eigenvalue weighted by Gasteiger charge is 2.25. The molecule has 1 aromatic carbocycles. The highest BCUT2D eigenvalue weighted by molar-refractivity contribution is 5.14. The number of aromatic nitrogens is 3. The van der Waals surface area contributed by atoms with Crippen molar-refractivity contribution < 1.29 is 0 Å². The summed E-state index contributed by atoms with van der Waals surface area (Å²) in [7, 11) is 0. The summed E-state index contributed by atoms with van der Waals surface area (Å²) in [4.78, 5) is 2.56. The van der Waals surface area contributed by atoms with Gasteiger partial charge in [0, 0.05) is 31.6 Å². The van der Waals surface area contributed by atoms with Crippen LogP contribution in [-0.4, -0.2) is 32.8 Å². The van der Waals surface area contributed by atoms with Crippen molar-refractivity contribution in [1.82, 2.24) is 19.7 Å². The van der Waals surface area contributed by atoms with Gasteiger partial charge in [-0.3, -0.25) is 4.90 Å². The van der Waals surface area contributed by atoms with E-state index >= 15 is 0 Å². The number of benzene rings is 1. The lowest BCUT2D eigenvalue weighted by Crippen LogP contribution is -2.35. The zero-order valence-electron chi connectivity index (χ0n) is 15.9. The zero-order chi connectivity index (χ0) is 17.5. The van der Waals surface area contributed by atoms with Crippen molar-refractivity contribution in [2.75, 3.05) is 13.1 Å². The number of aryl methyl sites for hydroxylation is 1. The van der Waals surface area contributed by atoms with E-state index in [1.807, 2.05) is 13.8 Å². The average molecular weight is 329 g/mol. The first kappa shape index (κ1) is 18.7. The predicted molar refractivity (Wildman–Crippen MR) is 100 cm³/mol. The molecule has 0 saturated carbocycles. The van der Waals surface area contributed by atoms with Crippen LogP contribution >= 0.6 is 0 Å². The fourth-order valence-electron chi connectivity index (χ4n) is 3.41. The largest absolute Gasteiger partial charge is 0.312 e. The lowest BCUT2D eigenvalue weighted by Gasteiger charge is -2.33. The van der Waals surface area contributed by atoms with Gasteiger partial charge in [0.15, 0.2) is 0 Å². The first-order valence-corrected chi connectivity index (χ1v) is 9.33. The quantitative estimate of drug-likeness (QED) is 0.824. The molecule has 4 nitrogen and oxygen atoms in total. The Kier molecular flexibility index (Phi) is 6.98. The number of hydrogen-bond donors (Lipinski definition) is 0. The Hall–Kier alpha value is -1.68. The number of nitrogens with zero attached hydrogens (tertiary/aromatic N) is 4. The number of hydrogen-bond acceptors (Lipinski definition) is 3. The van der Waals surface area contributed by atoms with Gasteiger partial charge >= 0.3 is 0 Å². The first-order chi connectivity index (χ1) is 11.6. The summed E-state index contributed by atoms with van der Waals surface area (Å²) in [6.45, 7) is 13.8. The fourth-order valence-corrected chi connectivity index (χ4v) is 3.41. The van der Waals surface area contributed by atoms with Crippen LogP contribution in [0.25, 0.3) is 0 Å². The van der Waals surface area contributed by atoms with E-state index in [4.69, 9.17) is 0 Å². The van der Waals surface area contributed by atoms with Crippen molar-refractivity contribution >= 4 is 0 Å². The molecule has 1 aromatic heterocycles. The summed E-state index contributed by atoms with van der Waals surface area (Å²) >= 11 is 0. The monoisotopic (exact) mass is 328 g/mol. The van der Waals surface area contributed by atoms with E-state index in [-0.39, 0.29) is 0 Å². The standard InChI is InChI=1S/C18H26N4.C2H6/c1-14(2)18-20-19-15(3)22(18)17-9-11-21(12-10-17)13-16-7-5-4-6-8-16;1-2/h4-8,14,17H,9-13H2,1-3H3;1-2H3. The molecule has 4 heteroatoms. The molecule has 0 radical (unpaired) electrons. The summed E-state index contributed by atoms with van der Waals surface area (Å²) in [5.41, 5.74) is 1.41. The van der Waals surface area contributed by atoms with Gasteiger partial charge in [0.05, 0.1) is 0 Å². The third-order valence-electron chi connectivity index (χ3n) is 4.58. The normalized spacial score (nSPS) is 16.1. The molecule has 0 N–H and O–H groups in total. The lowest BCUT2D eigenvalue weighted by molar-refractivity contribution is 0.176. The second kappa shape index (κ2) is 8.97. The SMILES string of the molecule is CC.Cc1nnc(C(C)C)n1C1CCN(Cc2ccccc2)CC1. The highest BCUT2D eigenvalue weighted by Crippen LogP contribution is 2.28. The Morgan fingerprint density at radius 3 is 2.25 bits per heavy atom. The van der Waals surface area contributed by atoms with Gasteiger partial charge in [-0.25, -0.2) is 0 Å². The summed E-state index contributed by atoms with van der Waals surface area (Å²) in [6, 6.07) is 11.3. The molecule has 0 spiro atoms. The van der Waals surface area contributed by atoms with Crippen LogP contribution in [0.2, 0.25) is 0 Å². The van der Waals surface area contributed by atoms with Crippen LogP contribution in [0.4, 0.5) is 0 Å². The first-order valence-electron chi connectivity index (χ1n) is 9.33. The summed E-state index contributed by atoms with van der Waals surface area (Å²) < 4.78 is 2.38. The maximum absolute atomic E-state index is 4.38. The predicted octanol–water partition coefficient (Wildman–Crippen LogP) is 4.57. The van der Waals surface area contributed by atoms with Gasteiger partial charge < -0.3 is 4.57 Å². The van der Waals surface area contributed by atoms with Gasteiger partial charge in [-0.15, -0.1) is 10.2 Å². The lowest BCUT2D eigenvalue weighted by atomic mass is 10.0. The summed E-state index contributed by atoms with van der Waals surface area (Å²) in [5.74, 6) is 2.63. The van der Waals surface area contributed by atoms with Gasteiger partial charge in [-0.1, -0.05) is 58.0 Å². The minimum atomic E-state index is 0.434. The second-order valence-corrected chi connectivity index (χ2v) is 6.62. The number of likely N-dealkylation sites (tertiary alicyclic amines) is 1. The van der Waals surface area contributed by atoms with Gasteiger partial charge in [-0.05, 0) is 25.3 Å². The molecule has 1 fully saturated rings. The van der Waals surface area contributed by atoms with E-state index in [1.165, 1.54) is 18.4 Å². The number of piperidine rings is 1. The average Bonchev–Trinajstić information content (AvgIpc) is 3.00. The molecular weight excluding hydrogens is 296 g/mol. The molecule has 0 aliphatic carbocycles. The highest BCUT2D eigenvalue weighted by atomic mass is 15.3. The molecule has 132 valence electrons. The third kappa shape index (κ3) is 4.44. The summed E-state index contributed by atoms with van der Waals surface area (Å²) in [5, 5.41) is 8.68. The van der Waals surface area contributed by atoms with Crippen LogP contribution in [0.1, 0.15) is 69.7 Å². The molecule has 1 aliphatic rings. The number of rotatable bonds is 4. The Bertz CT molecular complexity index is 595. The van der Waals surface area contributed by atoms with Crippen molar-refractivity contribution in [2.45, 2.75) is 66.0 Å². The smallest absolute Gasteiger partial charge is 0.135 e. The van der Waals surface area contributed by atoms with Gasteiger partial charge in [0.1, 0.15) is 11.6 Å². The van der Waals surface area contributed by atoms with Crippen LogP contribution in [0.3, 0.4) is 0 Å². The Morgan fingerprint density at radius 2 is 1.67 bits per heavy atom. The molecule has 0 bridgehead atoms. The Morgan fingerprint density at radius 1 is 1.04 bits per heavy atom. The van der Waals surface area contributed by atoms with Gasteiger partial charge in [0.25, 0.3) is 0 Å². The molecular formula is C20H32N4. The van der Waals surface area contributed by atoms with Crippen LogP contribution in [0.15, 0.2) is 30.3 Å². The van der Waals surface area contributed by atoms with E-state index in [0.29, 0.717) is 12.0 Å². The Labute approximate surface area is 146 Å². The van der Waals surface area contributed by atoms with Crippen molar-refractivity contribution in [3.63, 3.8) is 0 Å². The minimum Gasteiger partial charge on any atom is -0.312 e. The van der Waals surface area contributed by atoms with Crippen LogP contribution < -0.4 is 0 Å². The topological polar surface area (TPSA) is 34.0 Å². The molecule has 0 unspecified atom stereocenters. The maximum Gasteiger partial charge on any atom is 0.135 e. The summed E-state index contributed by atoms with van der Waals surface area (Å²) in [6.07, 6.45) is 2.37. The van der Waals surface area contributed by atoms with Crippen LogP contribution in [0.5, 0.6) is 0 Å². The van der Waals surface area contributed by atoms with E-state index in [2.05, 4.69) is 70.8 Å². The van der Waals surface area contributed by atoms with E-state index in [9.17, 15) is 0 Å². The minimum absolute atomic E-state index is 0.434. The molecule has 1 aliphatic heterocycles. The fraction of sp³-hybridized carbons (Fsp3) is 0.600. The van der Waals surface area contributed by atoms with E-state index < -0.39 is 0 Å². The molecule has 0 atom stereocenters. The molecule has 2 aromatic rings. The molecule has 0 amide bonds. The zero-order valence-corrected chi connectivity index (χ0v) is 15.9. The van der Waals surface area contributed by atoms with Crippen molar-refractivity contribution in [3.05, 3.63) is 47.5 Å². The third-order valence-corrected chi connectivity index (χ3v) is 4.58. The van der Waals surface area contributed by atoms with Crippen molar-refractivity contribution in [1.29, 1.82) is 0 Å². The molecule has 24 heavy (non-hydrogen) atoms. The van der Waals surface area contributed by atoms with Gasteiger partial charge in [-0.2, -0.15) is 0 Å². The van der Waals surface area contributed by atoms with Crippen LogP contribution in [0, 0.1) is 6.92 Å². The maximum atomic E-state index is 4.38. The van der Waals surface area contributed by atoms with Crippen molar-refractivity contribution in [3.8, 4) is 0 Å². The molecule has 2 heterocycles.